The summed E-state index contributed by atoms with van der Waals surface area (Å²) in [4.78, 5) is 23.7. The van der Waals surface area contributed by atoms with Crippen LogP contribution >= 0.6 is 0 Å². The van der Waals surface area contributed by atoms with Crippen LogP contribution in [0.5, 0.6) is 0 Å². The van der Waals surface area contributed by atoms with Gasteiger partial charge in [0, 0.05) is 11.3 Å². The summed E-state index contributed by atoms with van der Waals surface area (Å²) in [5, 5.41) is 20.7. The van der Waals surface area contributed by atoms with Gasteiger partial charge >= 0.3 is 0 Å². The molecule has 0 fully saturated rings. The molecule has 0 aliphatic rings. The van der Waals surface area contributed by atoms with Gasteiger partial charge in [-0.2, -0.15) is 5.10 Å². The maximum absolute atomic E-state index is 12.1. The van der Waals surface area contributed by atoms with Crippen LogP contribution in [0, 0.1) is 5.92 Å². The molecule has 0 spiro atoms. The van der Waals surface area contributed by atoms with Crippen molar-refractivity contribution >= 4 is 34.4 Å². The number of nitrogens with zero attached hydrogens (tertiary/aromatic N) is 4. The van der Waals surface area contributed by atoms with Gasteiger partial charge in [-0.3, -0.25) is 14.7 Å². The second kappa shape index (κ2) is 6.49. The smallest absolute Gasteiger partial charge is 0.247 e. The van der Waals surface area contributed by atoms with E-state index in [1.54, 1.807) is 13.8 Å². The van der Waals surface area contributed by atoms with E-state index in [0.717, 1.165) is 10.9 Å². The van der Waals surface area contributed by atoms with Crippen LogP contribution in [0.15, 0.2) is 30.5 Å². The van der Waals surface area contributed by atoms with E-state index in [9.17, 15) is 9.59 Å². The molecule has 3 N–H and O–H groups in total. The van der Waals surface area contributed by atoms with E-state index in [-0.39, 0.29) is 24.3 Å². The molecule has 9 heteroatoms. The maximum Gasteiger partial charge on any atom is 0.247 e. The summed E-state index contributed by atoms with van der Waals surface area (Å²) in [5.74, 6) is 0.163. The monoisotopic (exact) mass is 327 g/mol. The summed E-state index contributed by atoms with van der Waals surface area (Å²) < 4.78 is 1.35. The molecule has 2 aromatic heterocycles. The highest BCUT2D eigenvalue weighted by molar-refractivity contribution is 5.99. The first-order valence-corrected chi connectivity index (χ1v) is 7.47. The second-order valence-corrected chi connectivity index (χ2v) is 5.61. The van der Waals surface area contributed by atoms with Gasteiger partial charge in [0.2, 0.25) is 11.8 Å². The van der Waals surface area contributed by atoms with Gasteiger partial charge in [0.25, 0.3) is 0 Å². The Morgan fingerprint density at radius 3 is 2.83 bits per heavy atom. The minimum Gasteiger partial charge on any atom is -0.308 e. The zero-order valence-corrected chi connectivity index (χ0v) is 13.3. The number of carbonyl (C=O) groups excluding carboxylic acids is 2. The van der Waals surface area contributed by atoms with E-state index in [1.807, 2.05) is 24.3 Å². The summed E-state index contributed by atoms with van der Waals surface area (Å²) >= 11 is 0. The van der Waals surface area contributed by atoms with Gasteiger partial charge in [-0.25, -0.2) is 4.68 Å². The van der Waals surface area contributed by atoms with Crippen LogP contribution in [0.3, 0.4) is 0 Å². The topological polar surface area (TPSA) is 118 Å². The first kappa shape index (κ1) is 15.7. The van der Waals surface area contributed by atoms with Crippen LogP contribution in [0.4, 0.5) is 11.6 Å². The molecule has 0 atom stereocenters. The number of para-hydroxylation sites is 1. The number of hydrogen-bond donors (Lipinski definition) is 3. The lowest BCUT2D eigenvalue weighted by atomic mass is 10.2. The predicted octanol–water partition coefficient (Wildman–Crippen LogP) is 1.39. The van der Waals surface area contributed by atoms with Crippen molar-refractivity contribution < 1.29 is 9.59 Å². The Balaban J connectivity index is 1.63. The molecular formula is C15H17N7O2. The van der Waals surface area contributed by atoms with Crippen molar-refractivity contribution in [2.45, 2.75) is 20.4 Å². The highest BCUT2D eigenvalue weighted by atomic mass is 16.2. The summed E-state index contributed by atoms with van der Waals surface area (Å²) in [6, 6.07) is 7.49. The van der Waals surface area contributed by atoms with Gasteiger partial charge in [0.05, 0.1) is 11.7 Å². The zero-order valence-electron chi connectivity index (χ0n) is 13.3. The number of rotatable bonds is 5. The zero-order chi connectivity index (χ0) is 17.1. The van der Waals surface area contributed by atoms with Crippen LogP contribution in [0.1, 0.15) is 13.8 Å². The number of aromatic nitrogens is 5. The number of fused-ring (bicyclic) bond motifs is 1. The summed E-state index contributed by atoms with van der Waals surface area (Å²) in [5.41, 5.74) is 0.840. The molecule has 0 radical (unpaired) electrons. The largest absolute Gasteiger partial charge is 0.308 e. The Hall–Kier alpha value is -3.23. The van der Waals surface area contributed by atoms with Crippen LogP contribution in [-0.4, -0.2) is 37.0 Å². The number of anilines is 2. The number of nitrogens with one attached hydrogen (secondary N) is 3. The van der Waals surface area contributed by atoms with Crippen molar-refractivity contribution in [2.75, 3.05) is 10.6 Å². The van der Waals surface area contributed by atoms with E-state index in [4.69, 9.17) is 0 Å². The number of amides is 2. The lowest BCUT2D eigenvalue weighted by Crippen LogP contribution is -2.19. The van der Waals surface area contributed by atoms with E-state index in [1.165, 1.54) is 10.9 Å². The van der Waals surface area contributed by atoms with Crippen molar-refractivity contribution in [3.05, 3.63) is 30.5 Å². The molecule has 3 aromatic rings. The average Bonchev–Trinajstić information content (AvgIpc) is 3.15. The molecule has 124 valence electrons. The van der Waals surface area contributed by atoms with Crippen LogP contribution in [0.2, 0.25) is 0 Å². The van der Waals surface area contributed by atoms with Gasteiger partial charge in [0.15, 0.2) is 11.6 Å². The van der Waals surface area contributed by atoms with E-state index < -0.39 is 0 Å². The molecule has 9 nitrogen and oxygen atoms in total. The average molecular weight is 327 g/mol. The van der Waals surface area contributed by atoms with Gasteiger partial charge in [-0.05, 0) is 12.1 Å². The third-order valence-electron chi connectivity index (χ3n) is 3.35. The number of H-pyrrole nitrogens is 1. The lowest BCUT2D eigenvalue weighted by molar-refractivity contribution is -0.119. The number of aromatic amines is 1. The first-order valence-electron chi connectivity index (χ1n) is 7.47. The third kappa shape index (κ3) is 3.40. The second-order valence-electron chi connectivity index (χ2n) is 5.61. The minimum absolute atomic E-state index is 0.0360. The van der Waals surface area contributed by atoms with Crippen molar-refractivity contribution in [1.29, 1.82) is 0 Å². The van der Waals surface area contributed by atoms with Gasteiger partial charge in [-0.1, -0.05) is 31.2 Å². The summed E-state index contributed by atoms with van der Waals surface area (Å²) in [6.45, 7) is 3.52. The van der Waals surface area contributed by atoms with E-state index in [0.29, 0.717) is 11.6 Å². The lowest BCUT2D eigenvalue weighted by Gasteiger charge is -2.03. The Morgan fingerprint density at radius 2 is 2.04 bits per heavy atom. The van der Waals surface area contributed by atoms with Crippen LogP contribution in [-0.2, 0) is 16.1 Å². The minimum atomic E-state index is -0.293. The molecule has 2 heterocycles. The Kier molecular flexibility index (Phi) is 4.23. The molecule has 24 heavy (non-hydrogen) atoms. The molecule has 0 unspecified atom stereocenters. The van der Waals surface area contributed by atoms with Crippen LogP contribution < -0.4 is 10.6 Å². The standard InChI is InChI=1S/C15H17N7O2/c1-9(2)15(24)16-12-7-22(21-19-12)8-13(23)17-14-10-5-3-4-6-11(10)18-20-14/h3-7,9H,8H2,1-2H3,(H,16,24)(H2,17,18,20,23). The third-order valence-corrected chi connectivity index (χ3v) is 3.35. The van der Waals surface area contributed by atoms with Gasteiger partial charge in [0.1, 0.15) is 6.54 Å². The molecule has 0 saturated carbocycles. The predicted molar refractivity (Wildman–Crippen MR) is 88.2 cm³/mol. The molecule has 0 aliphatic heterocycles. The fourth-order valence-corrected chi connectivity index (χ4v) is 2.08. The fraction of sp³-hybridized carbons (Fsp3) is 0.267. The van der Waals surface area contributed by atoms with Crippen molar-refractivity contribution in [3.8, 4) is 0 Å². The number of benzene rings is 1. The molecule has 0 saturated heterocycles. The quantitative estimate of drug-likeness (QED) is 0.654. The Morgan fingerprint density at radius 1 is 1.25 bits per heavy atom. The normalized spacial score (nSPS) is 11.0. The van der Waals surface area contributed by atoms with Gasteiger partial charge in [-0.15, -0.1) is 5.10 Å². The fourth-order valence-electron chi connectivity index (χ4n) is 2.08. The van der Waals surface area contributed by atoms with Gasteiger partial charge < -0.3 is 10.6 Å². The molecule has 0 aliphatic carbocycles. The van der Waals surface area contributed by atoms with Crippen molar-refractivity contribution in [2.24, 2.45) is 5.92 Å². The van der Waals surface area contributed by atoms with Crippen molar-refractivity contribution in [3.63, 3.8) is 0 Å². The molecule has 0 bridgehead atoms. The van der Waals surface area contributed by atoms with Crippen molar-refractivity contribution in [1.82, 2.24) is 25.2 Å². The SMILES string of the molecule is CC(C)C(=O)Nc1cn(CC(=O)Nc2n[nH]c3ccccc23)nn1. The highest BCUT2D eigenvalue weighted by Crippen LogP contribution is 2.19. The van der Waals surface area contributed by atoms with E-state index in [2.05, 4.69) is 31.1 Å². The molecule has 2 amide bonds. The number of carbonyl (C=O) groups is 2. The first-order chi connectivity index (χ1) is 11.5. The van der Waals surface area contributed by atoms with Crippen LogP contribution in [0.25, 0.3) is 10.9 Å². The summed E-state index contributed by atoms with van der Waals surface area (Å²) in [7, 11) is 0. The highest BCUT2D eigenvalue weighted by Gasteiger charge is 2.12. The number of hydrogen-bond acceptors (Lipinski definition) is 5. The maximum atomic E-state index is 12.1. The molecule has 1 aromatic carbocycles. The Bertz CT molecular complexity index is 881. The Labute approximate surface area is 137 Å². The molecule has 3 rings (SSSR count). The molecular weight excluding hydrogens is 310 g/mol. The summed E-state index contributed by atoms with van der Waals surface area (Å²) in [6.07, 6.45) is 1.50. The van der Waals surface area contributed by atoms with E-state index >= 15 is 0 Å².